The van der Waals surface area contributed by atoms with Crippen LogP contribution in [0.15, 0.2) is 84.9 Å². The predicted octanol–water partition coefficient (Wildman–Crippen LogP) is 7.77. The molecule has 0 saturated carbocycles. The molecule has 0 saturated heterocycles. The third kappa shape index (κ3) is 3.89. The summed E-state index contributed by atoms with van der Waals surface area (Å²) in [4.78, 5) is 11.7. The molecular weight excluding hydrogens is 444 g/mol. The van der Waals surface area contributed by atoms with Gasteiger partial charge in [0.2, 0.25) is 0 Å². The minimum absolute atomic E-state index is 0.278. The Kier molecular flexibility index (Phi) is 5.75. The number of fused-ring (bicyclic) bond motifs is 3. The zero-order chi connectivity index (χ0) is 25.7. The molecule has 0 N–H and O–H groups in total. The number of rotatable bonds is 4. The molecule has 4 aromatic carbocycles. The highest BCUT2D eigenvalue weighted by Crippen LogP contribution is 2.56. The molecule has 5 rings (SSSR count). The Morgan fingerprint density at radius 3 is 1.61 bits per heavy atom. The molecule has 3 nitrogen and oxygen atoms in total. The van der Waals surface area contributed by atoms with E-state index in [0.717, 1.165) is 22.4 Å². The van der Waals surface area contributed by atoms with Crippen LogP contribution in [0.4, 0.5) is 0 Å². The SMILES string of the molecule is CC(=O)Oc1ccc(C2(c3ccc(OC(C)(C)C)c(C)c3)c3ccccc3-c3ccccc32)cc1C. The first-order valence-corrected chi connectivity index (χ1v) is 12.4. The van der Waals surface area contributed by atoms with Crippen molar-refractivity contribution in [3.05, 3.63) is 118 Å². The maximum Gasteiger partial charge on any atom is 0.308 e. The zero-order valence-corrected chi connectivity index (χ0v) is 21.8. The van der Waals surface area contributed by atoms with Crippen molar-refractivity contribution in [3.8, 4) is 22.6 Å². The summed E-state index contributed by atoms with van der Waals surface area (Å²) < 4.78 is 11.7. The molecule has 0 amide bonds. The van der Waals surface area contributed by atoms with E-state index in [2.05, 4.69) is 107 Å². The van der Waals surface area contributed by atoms with E-state index in [0.29, 0.717) is 5.75 Å². The van der Waals surface area contributed by atoms with Crippen LogP contribution in [-0.2, 0) is 10.2 Å². The van der Waals surface area contributed by atoms with Gasteiger partial charge in [-0.3, -0.25) is 4.79 Å². The highest BCUT2D eigenvalue weighted by Gasteiger charge is 2.46. The predicted molar refractivity (Wildman–Crippen MR) is 145 cm³/mol. The van der Waals surface area contributed by atoms with Gasteiger partial charge >= 0.3 is 5.97 Å². The molecule has 36 heavy (non-hydrogen) atoms. The van der Waals surface area contributed by atoms with Crippen molar-refractivity contribution < 1.29 is 14.3 Å². The van der Waals surface area contributed by atoms with Gasteiger partial charge in [-0.1, -0.05) is 72.8 Å². The molecule has 1 aliphatic rings. The van der Waals surface area contributed by atoms with Gasteiger partial charge in [0, 0.05) is 6.92 Å². The summed E-state index contributed by atoms with van der Waals surface area (Å²) in [6.45, 7) is 11.7. The Morgan fingerprint density at radius 2 is 1.17 bits per heavy atom. The average Bonchev–Trinajstić information content (AvgIpc) is 3.12. The summed E-state index contributed by atoms with van der Waals surface area (Å²) >= 11 is 0. The quantitative estimate of drug-likeness (QED) is 0.196. The van der Waals surface area contributed by atoms with Gasteiger partial charge in [-0.05, 0) is 91.3 Å². The van der Waals surface area contributed by atoms with E-state index in [9.17, 15) is 4.79 Å². The van der Waals surface area contributed by atoms with E-state index in [1.54, 1.807) is 0 Å². The average molecular weight is 477 g/mol. The number of hydrogen-bond donors (Lipinski definition) is 0. The number of ether oxygens (including phenoxy) is 2. The first kappa shape index (κ1) is 23.9. The first-order chi connectivity index (χ1) is 17.1. The highest BCUT2D eigenvalue weighted by atomic mass is 16.5. The van der Waals surface area contributed by atoms with Gasteiger partial charge in [0.05, 0.1) is 5.41 Å². The monoisotopic (exact) mass is 476 g/mol. The summed E-state index contributed by atoms with van der Waals surface area (Å²) in [5.74, 6) is 1.16. The maximum atomic E-state index is 11.7. The lowest BCUT2D eigenvalue weighted by Crippen LogP contribution is -2.29. The van der Waals surface area contributed by atoms with Gasteiger partial charge in [-0.2, -0.15) is 0 Å². The van der Waals surface area contributed by atoms with Crippen molar-refractivity contribution in [3.63, 3.8) is 0 Å². The molecule has 0 atom stereocenters. The molecule has 0 bridgehead atoms. The third-order valence-electron chi connectivity index (χ3n) is 6.84. The van der Waals surface area contributed by atoms with E-state index >= 15 is 0 Å². The van der Waals surface area contributed by atoms with Crippen LogP contribution in [-0.4, -0.2) is 11.6 Å². The highest BCUT2D eigenvalue weighted by molar-refractivity contribution is 5.86. The molecule has 0 aliphatic heterocycles. The Hall–Kier alpha value is -3.85. The number of aryl methyl sites for hydroxylation is 2. The van der Waals surface area contributed by atoms with Crippen molar-refractivity contribution in [2.45, 2.75) is 52.6 Å². The summed E-state index contributed by atoms with van der Waals surface area (Å²) in [7, 11) is 0. The van der Waals surface area contributed by atoms with E-state index in [4.69, 9.17) is 9.47 Å². The van der Waals surface area contributed by atoms with E-state index < -0.39 is 5.41 Å². The Morgan fingerprint density at radius 1 is 0.694 bits per heavy atom. The van der Waals surface area contributed by atoms with Crippen LogP contribution in [0.5, 0.6) is 11.5 Å². The van der Waals surface area contributed by atoms with E-state index in [-0.39, 0.29) is 11.6 Å². The number of benzene rings is 4. The third-order valence-corrected chi connectivity index (χ3v) is 6.84. The fourth-order valence-corrected chi connectivity index (χ4v) is 5.50. The molecule has 182 valence electrons. The van der Waals surface area contributed by atoms with Gasteiger partial charge in [-0.25, -0.2) is 0 Å². The molecule has 0 fully saturated rings. The largest absolute Gasteiger partial charge is 0.488 e. The summed E-state index contributed by atoms with van der Waals surface area (Å²) in [6.07, 6.45) is 0. The number of esters is 1. The molecule has 0 aromatic heterocycles. The smallest absolute Gasteiger partial charge is 0.308 e. The van der Waals surface area contributed by atoms with Crippen LogP contribution >= 0.6 is 0 Å². The van der Waals surface area contributed by atoms with Crippen LogP contribution in [0.2, 0.25) is 0 Å². The normalized spacial score (nSPS) is 13.6. The van der Waals surface area contributed by atoms with Crippen LogP contribution in [0.25, 0.3) is 11.1 Å². The van der Waals surface area contributed by atoms with Crippen LogP contribution in [0.1, 0.15) is 61.1 Å². The standard InChI is InChI=1S/C33H32O3/c1-21-19-24(15-17-30(21)35-23(3)34)33(25-16-18-31(22(2)20-25)36-32(4,5)6)28-13-9-7-11-26(28)27-12-8-10-14-29(27)33/h7-20H,1-6H3. The lowest BCUT2D eigenvalue weighted by atomic mass is 9.67. The van der Waals surface area contributed by atoms with Crippen molar-refractivity contribution in [2.24, 2.45) is 0 Å². The molecule has 0 heterocycles. The molecule has 3 heteroatoms. The second-order valence-electron chi connectivity index (χ2n) is 10.6. The van der Waals surface area contributed by atoms with Crippen LogP contribution < -0.4 is 9.47 Å². The first-order valence-electron chi connectivity index (χ1n) is 12.4. The van der Waals surface area contributed by atoms with Gasteiger partial charge in [0.15, 0.2) is 0 Å². The zero-order valence-electron chi connectivity index (χ0n) is 21.8. The number of carbonyl (C=O) groups is 1. The van der Waals surface area contributed by atoms with Crippen molar-refractivity contribution in [1.29, 1.82) is 0 Å². The van der Waals surface area contributed by atoms with Crippen LogP contribution in [0, 0.1) is 13.8 Å². The molecule has 0 spiro atoms. The topological polar surface area (TPSA) is 35.5 Å². The fourth-order valence-electron chi connectivity index (χ4n) is 5.50. The van der Waals surface area contributed by atoms with E-state index in [1.165, 1.54) is 34.7 Å². The summed E-state index contributed by atoms with van der Waals surface area (Å²) in [6, 6.07) is 30.1. The molecular formula is C33H32O3. The lowest BCUT2D eigenvalue weighted by Gasteiger charge is -2.35. The summed E-state index contributed by atoms with van der Waals surface area (Å²) in [5, 5.41) is 0. The minimum atomic E-state index is -0.516. The molecule has 4 aromatic rings. The number of carbonyl (C=O) groups excluding carboxylic acids is 1. The number of hydrogen-bond acceptors (Lipinski definition) is 3. The van der Waals surface area contributed by atoms with Crippen molar-refractivity contribution in [1.82, 2.24) is 0 Å². The Balaban J connectivity index is 1.81. The van der Waals surface area contributed by atoms with Crippen molar-refractivity contribution >= 4 is 5.97 Å². The minimum Gasteiger partial charge on any atom is -0.488 e. The Labute approximate surface area is 213 Å². The lowest BCUT2D eigenvalue weighted by molar-refractivity contribution is -0.131. The second kappa shape index (κ2) is 8.67. The van der Waals surface area contributed by atoms with Gasteiger partial charge in [-0.15, -0.1) is 0 Å². The van der Waals surface area contributed by atoms with E-state index in [1.807, 2.05) is 13.0 Å². The molecule has 0 unspecified atom stereocenters. The fraction of sp³-hybridized carbons (Fsp3) is 0.242. The van der Waals surface area contributed by atoms with Gasteiger partial charge in [0.25, 0.3) is 0 Å². The second-order valence-corrected chi connectivity index (χ2v) is 10.6. The van der Waals surface area contributed by atoms with Gasteiger partial charge in [0.1, 0.15) is 17.1 Å². The molecule has 0 radical (unpaired) electrons. The molecule has 1 aliphatic carbocycles. The van der Waals surface area contributed by atoms with Crippen LogP contribution in [0.3, 0.4) is 0 Å². The Bertz CT molecular complexity index is 1430. The summed E-state index contributed by atoms with van der Waals surface area (Å²) in [5.41, 5.74) is 8.51. The van der Waals surface area contributed by atoms with Crippen molar-refractivity contribution in [2.75, 3.05) is 0 Å². The van der Waals surface area contributed by atoms with Gasteiger partial charge < -0.3 is 9.47 Å². The maximum absolute atomic E-state index is 11.7.